The first-order valence-corrected chi connectivity index (χ1v) is 5.07. The lowest BCUT2D eigenvalue weighted by atomic mass is 10.1. The molecule has 1 heterocycles. The molecule has 2 aromatic rings. The van der Waals surface area contributed by atoms with Crippen molar-refractivity contribution in [3.05, 3.63) is 42.0 Å². The Labute approximate surface area is 89.5 Å². The molecule has 0 unspecified atom stereocenters. The number of benzene rings is 1. The van der Waals surface area contributed by atoms with E-state index in [-0.39, 0.29) is 0 Å². The molecule has 0 saturated carbocycles. The minimum absolute atomic E-state index is 0.622. The SMILES string of the molecule is CCc1cc(-c2ccccc2)oc1OC. The van der Waals surface area contributed by atoms with Gasteiger partial charge in [-0.3, -0.25) is 0 Å². The molecular formula is C13H14O2. The van der Waals surface area contributed by atoms with Crippen LogP contribution in [0.15, 0.2) is 40.8 Å². The lowest BCUT2D eigenvalue weighted by Crippen LogP contribution is -1.83. The van der Waals surface area contributed by atoms with Crippen molar-refractivity contribution >= 4 is 0 Å². The first-order valence-electron chi connectivity index (χ1n) is 5.07. The van der Waals surface area contributed by atoms with Gasteiger partial charge in [-0.05, 0) is 12.5 Å². The van der Waals surface area contributed by atoms with Crippen LogP contribution in [0.4, 0.5) is 0 Å². The molecular weight excluding hydrogens is 188 g/mol. The van der Waals surface area contributed by atoms with Gasteiger partial charge in [0.2, 0.25) is 0 Å². The van der Waals surface area contributed by atoms with Gasteiger partial charge in [0.05, 0.1) is 7.11 Å². The van der Waals surface area contributed by atoms with Gasteiger partial charge in [-0.15, -0.1) is 0 Å². The molecule has 0 bridgehead atoms. The van der Waals surface area contributed by atoms with Crippen LogP contribution in [0.3, 0.4) is 0 Å². The highest BCUT2D eigenvalue weighted by Crippen LogP contribution is 2.30. The van der Waals surface area contributed by atoms with E-state index in [1.54, 1.807) is 7.11 Å². The van der Waals surface area contributed by atoms with E-state index in [4.69, 9.17) is 9.15 Å². The summed E-state index contributed by atoms with van der Waals surface area (Å²) in [6.07, 6.45) is 0.916. The largest absolute Gasteiger partial charge is 0.468 e. The average Bonchev–Trinajstić information content (AvgIpc) is 2.73. The molecule has 0 saturated heterocycles. The monoisotopic (exact) mass is 202 g/mol. The predicted octanol–water partition coefficient (Wildman–Crippen LogP) is 3.52. The maximum atomic E-state index is 5.62. The van der Waals surface area contributed by atoms with Gasteiger partial charge in [-0.2, -0.15) is 0 Å². The van der Waals surface area contributed by atoms with Crippen molar-refractivity contribution in [1.29, 1.82) is 0 Å². The van der Waals surface area contributed by atoms with Crippen LogP contribution in [0.1, 0.15) is 12.5 Å². The summed E-state index contributed by atoms with van der Waals surface area (Å²) in [5.74, 6) is 1.49. The summed E-state index contributed by atoms with van der Waals surface area (Å²) < 4.78 is 10.8. The van der Waals surface area contributed by atoms with Crippen LogP contribution < -0.4 is 4.74 Å². The number of methoxy groups -OCH3 is 1. The normalized spacial score (nSPS) is 10.3. The maximum absolute atomic E-state index is 5.62. The van der Waals surface area contributed by atoms with Gasteiger partial charge in [-0.1, -0.05) is 37.3 Å². The molecule has 2 rings (SSSR count). The first-order chi connectivity index (χ1) is 7.35. The lowest BCUT2D eigenvalue weighted by molar-refractivity contribution is 0.305. The minimum Gasteiger partial charge on any atom is -0.468 e. The van der Waals surface area contributed by atoms with Gasteiger partial charge < -0.3 is 9.15 Å². The van der Waals surface area contributed by atoms with Crippen molar-refractivity contribution in [1.82, 2.24) is 0 Å². The molecule has 15 heavy (non-hydrogen) atoms. The zero-order valence-corrected chi connectivity index (χ0v) is 8.99. The minimum atomic E-state index is 0.622. The number of hydrogen-bond donors (Lipinski definition) is 0. The van der Waals surface area contributed by atoms with E-state index < -0.39 is 0 Å². The Bertz CT molecular complexity index is 408. The fourth-order valence-electron chi connectivity index (χ4n) is 1.58. The van der Waals surface area contributed by atoms with Crippen LogP contribution in [-0.4, -0.2) is 7.11 Å². The van der Waals surface area contributed by atoms with Crippen LogP contribution in [-0.2, 0) is 6.42 Å². The van der Waals surface area contributed by atoms with E-state index in [1.165, 1.54) is 0 Å². The number of ether oxygens (including phenoxy) is 1. The van der Waals surface area contributed by atoms with Gasteiger partial charge in [-0.25, -0.2) is 0 Å². The van der Waals surface area contributed by atoms with Gasteiger partial charge in [0.15, 0.2) is 0 Å². The summed E-state index contributed by atoms with van der Waals surface area (Å²) >= 11 is 0. The topological polar surface area (TPSA) is 22.4 Å². The molecule has 0 aliphatic carbocycles. The summed E-state index contributed by atoms with van der Waals surface area (Å²) in [6, 6.07) is 12.1. The molecule has 0 N–H and O–H groups in total. The molecule has 2 nitrogen and oxygen atoms in total. The van der Waals surface area contributed by atoms with Crippen LogP contribution in [0.25, 0.3) is 11.3 Å². The van der Waals surface area contributed by atoms with Crippen molar-refractivity contribution in [2.75, 3.05) is 7.11 Å². The summed E-state index contributed by atoms with van der Waals surface area (Å²) in [6.45, 7) is 2.09. The summed E-state index contributed by atoms with van der Waals surface area (Å²) in [4.78, 5) is 0. The van der Waals surface area contributed by atoms with Gasteiger partial charge in [0, 0.05) is 11.1 Å². The zero-order valence-electron chi connectivity index (χ0n) is 8.99. The Kier molecular flexibility index (Phi) is 2.77. The first kappa shape index (κ1) is 9.84. The summed E-state index contributed by atoms with van der Waals surface area (Å²) in [5, 5.41) is 0. The second-order valence-corrected chi connectivity index (χ2v) is 3.35. The quantitative estimate of drug-likeness (QED) is 0.759. The van der Waals surface area contributed by atoms with Crippen molar-refractivity contribution in [2.45, 2.75) is 13.3 Å². The molecule has 0 atom stereocenters. The van der Waals surface area contributed by atoms with E-state index in [2.05, 4.69) is 6.92 Å². The number of furan rings is 1. The molecule has 1 aromatic heterocycles. The van der Waals surface area contributed by atoms with Crippen molar-refractivity contribution in [3.8, 4) is 17.3 Å². The highest BCUT2D eigenvalue weighted by Gasteiger charge is 2.10. The van der Waals surface area contributed by atoms with E-state index in [9.17, 15) is 0 Å². The van der Waals surface area contributed by atoms with Crippen LogP contribution >= 0.6 is 0 Å². The van der Waals surface area contributed by atoms with Crippen LogP contribution in [0, 0.1) is 0 Å². The fourth-order valence-corrected chi connectivity index (χ4v) is 1.58. The second-order valence-electron chi connectivity index (χ2n) is 3.35. The van der Waals surface area contributed by atoms with Crippen molar-refractivity contribution in [3.63, 3.8) is 0 Å². The van der Waals surface area contributed by atoms with E-state index in [0.717, 1.165) is 23.3 Å². The predicted molar refractivity (Wildman–Crippen MR) is 60.1 cm³/mol. The molecule has 0 aliphatic rings. The average molecular weight is 202 g/mol. The second kappa shape index (κ2) is 4.22. The van der Waals surface area contributed by atoms with Crippen LogP contribution in [0.2, 0.25) is 0 Å². The molecule has 2 heteroatoms. The number of rotatable bonds is 3. The van der Waals surface area contributed by atoms with E-state index in [1.807, 2.05) is 36.4 Å². The Morgan fingerprint density at radius 2 is 1.93 bits per heavy atom. The van der Waals surface area contributed by atoms with Crippen molar-refractivity contribution < 1.29 is 9.15 Å². The number of aryl methyl sites for hydroxylation is 1. The molecule has 78 valence electrons. The third-order valence-corrected chi connectivity index (χ3v) is 2.39. The van der Waals surface area contributed by atoms with Gasteiger partial charge >= 0.3 is 0 Å². The Balaban J connectivity index is 2.42. The smallest absolute Gasteiger partial charge is 0.287 e. The van der Waals surface area contributed by atoms with E-state index in [0.29, 0.717) is 5.95 Å². The Hall–Kier alpha value is -1.70. The summed E-state index contributed by atoms with van der Waals surface area (Å²) in [7, 11) is 1.63. The molecule has 0 fully saturated rings. The maximum Gasteiger partial charge on any atom is 0.287 e. The lowest BCUT2D eigenvalue weighted by Gasteiger charge is -1.96. The third kappa shape index (κ3) is 1.89. The highest BCUT2D eigenvalue weighted by molar-refractivity contribution is 5.59. The standard InChI is InChI=1S/C13H14O2/c1-3-10-9-12(15-13(10)14-2)11-7-5-4-6-8-11/h4-9H,3H2,1-2H3. The highest BCUT2D eigenvalue weighted by atomic mass is 16.6. The third-order valence-electron chi connectivity index (χ3n) is 2.39. The van der Waals surface area contributed by atoms with Crippen molar-refractivity contribution in [2.24, 2.45) is 0 Å². The fraction of sp³-hybridized carbons (Fsp3) is 0.231. The Morgan fingerprint density at radius 3 is 2.47 bits per heavy atom. The molecule has 0 amide bonds. The van der Waals surface area contributed by atoms with Gasteiger partial charge in [0.25, 0.3) is 5.95 Å². The van der Waals surface area contributed by atoms with Crippen LogP contribution in [0.5, 0.6) is 5.95 Å². The molecule has 0 radical (unpaired) electrons. The zero-order chi connectivity index (χ0) is 10.7. The number of hydrogen-bond acceptors (Lipinski definition) is 2. The molecule has 1 aromatic carbocycles. The summed E-state index contributed by atoms with van der Waals surface area (Å²) in [5.41, 5.74) is 2.19. The van der Waals surface area contributed by atoms with Gasteiger partial charge in [0.1, 0.15) is 5.76 Å². The Morgan fingerprint density at radius 1 is 1.20 bits per heavy atom. The molecule has 0 aliphatic heterocycles. The van der Waals surface area contributed by atoms with E-state index >= 15 is 0 Å². The molecule has 0 spiro atoms.